The molecular weight excluding hydrogens is 494 g/mol. The second-order valence-corrected chi connectivity index (χ2v) is 10.5. The van der Waals surface area contributed by atoms with Crippen LogP contribution in [0.5, 0.6) is 0 Å². The van der Waals surface area contributed by atoms with Crippen LogP contribution < -0.4 is 0 Å². The van der Waals surface area contributed by atoms with Crippen molar-refractivity contribution in [3.63, 3.8) is 0 Å². The Morgan fingerprint density at radius 1 is 0.949 bits per heavy atom. The predicted octanol–water partition coefficient (Wildman–Crippen LogP) is 6.43. The van der Waals surface area contributed by atoms with Crippen molar-refractivity contribution in [1.29, 1.82) is 0 Å². The lowest BCUT2D eigenvalue weighted by molar-refractivity contribution is -0.384. The number of aliphatic hydroxyl groups is 1. The second kappa shape index (κ2) is 14.0. The smallest absolute Gasteiger partial charge is 0.295 e. The first kappa shape index (κ1) is 30.0. The zero-order valence-electron chi connectivity index (χ0n) is 23.6. The van der Waals surface area contributed by atoms with Crippen molar-refractivity contribution in [1.82, 2.24) is 9.80 Å². The first-order valence-corrected chi connectivity index (χ1v) is 14.0. The largest absolute Gasteiger partial charge is 0.507 e. The minimum absolute atomic E-state index is 0.0139. The van der Waals surface area contributed by atoms with Crippen molar-refractivity contribution in [3.8, 4) is 0 Å². The standard InChI is InChI=1S/C31H41N3O5/c1-5-7-18-32(19-8-6-2)20-9-21-33-28(24-12-10-23(11-13-24)22(3)4)27(30(36)31(33)37)29(35)25-14-16-26(17-15-25)34(38)39/h10-17,22,28,35H,5-9,18-21H2,1-4H3/b29-27-. The number of likely N-dealkylation sites (tertiary alicyclic amines) is 1. The minimum Gasteiger partial charge on any atom is -0.507 e. The lowest BCUT2D eigenvalue weighted by Gasteiger charge is -2.27. The van der Waals surface area contributed by atoms with Crippen molar-refractivity contribution in [3.05, 3.63) is 80.9 Å². The molecule has 1 heterocycles. The van der Waals surface area contributed by atoms with Crippen molar-refractivity contribution < 1.29 is 19.6 Å². The third kappa shape index (κ3) is 7.32. The fourth-order valence-electron chi connectivity index (χ4n) is 4.98. The first-order chi connectivity index (χ1) is 18.7. The molecule has 1 N–H and O–H groups in total. The van der Waals surface area contributed by atoms with Crippen LogP contribution in [0.3, 0.4) is 0 Å². The summed E-state index contributed by atoms with van der Waals surface area (Å²) in [5, 5.41) is 22.3. The molecule has 0 spiro atoms. The maximum absolute atomic E-state index is 13.3. The highest BCUT2D eigenvalue weighted by atomic mass is 16.6. The Labute approximate surface area is 231 Å². The number of unbranched alkanes of at least 4 members (excludes halogenated alkanes) is 2. The normalized spacial score (nSPS) is 17.0. The van der Waals surface area contributed by atoms with Gasteiger partial charge in [0.25, 0.3) is 17.4 Å². The summed E-state index contributed by atoms with van der Waals surface area (Å²) < 4.78 is 0. The Hall–Kier alpha value is -3.52. The average molecular weight is 536 g/mol. The maximum atomic E-state index is 13.3. The van der Waals surface area contributed by atoms with Gasteiger partial charge in [0, 0.05) is 24.2 Å². The Bertz CT molecular complexity index is 1160. The number of aliphatic hydroxyl groups excluding tert-OH is 1. The number of benzene rings is 2. The van der Waals surface area contributed by atoms with E-state index in [9.17, 15) is 24.8 Å². The number of Topliss-reactive ketones (excluding diaryl/α,β-unsaturated/α-hetero) is 1. The van der Waals surface area contributed by atoms with E-state index >= 15 is 0 Å². The molecule has 1 amide bonds. The molecule has 2 aromatic rings. The lowest BCUT2D eigenvalue weighted by atomic mass is 9.93. The van der Waals surface area contributed by atoms with Crippen LogP contribution in [0, 0.1) is 10.1 Å². The highest BCUT2D eigenvalue weighted by molar-refractivity contribution is 6.46. The van der Waals surface area contributed by atoms with Gasteiger partial charge in [0.15, 0.2) is 0 Å². The molecule has 2 aromatic carbocycles. The molecule has 8 heteroatoms. The number of carbonyl (C=O) groups is 2. The van der Waals surface area contributed by atoms with E-state index in [1.54, 1.807) is 4.90 Å². The fourth-order valence-corrected chi connectivity index (χ4v) is 4.98. The van der Waals surface area contributed by atoms with E-state index in [1.165, 1.54) is 24.3 Å². The molecule has 0 saturated carbocycles. The number of nitro groups is 1. The van der Waals surface area contributed by atoms with Crippen LogP contribution in [-0.4, -0.2) is 57.7 Å². The Morgan fingerprint density at radius 2 is 1.51 bits per heavy atom. The quantitative estimate of drug-likeness (QED) is 0.0982. The lowest BCUT2D eigenvalue weighted by Crippen LogP contribution is -2.34. The highest BCUT2D eigenvalue weighted by Gasteiger charge is 2.45. The molecule has 39 heavy (non-hydrogen) atoms. The van der Waals surface area contributed by atoms with Gasteiger partial charge < -0.3 is 14.9 Å². The summed E-state index contributed by atoms with van der Waals surface area (Å²) in [4.78, 5) is 41.2. The highest BCUT2D eigenvalue weighted by Crippen LogP contribution is 2.40. The van der Waals surface area contributed by atoms with Crippen molar-refractivity contribution in [2.45, 2.75) is 71.8 Å². The molecule has 3 rings (SSSR count). The molecule has 1 fully saturated rings. The van der Waals surface area contributed by atoms with Crippen molar-refractivity contribution >= 4 is 23.1 Å². The SMILES string of the molecule is CCCCN(CCCC)CCCN1C(=O)C(=O)/C(=C(\O)c2ccc([N+](=O)[O-])cc2)C1c1ccc(C(C)C)cc1. The number of hydrogen-bond donors (Lipinski definition) is 1. The number of nitrogens with zero attached hydrogens (tertiary/aromatic N) is 3. The van der Waals surface area contributed by atoms with Crippen LogP contribution in [-0.2, 0) is 9.59 Å². The van der Waals surface area contributed by atoms with Crippen LogP contribution >= 0.6 is 0 Å². The molecule has 210 valence electrons. The van der Waals surface area contributed by atoms with E-state index in [0.717, 1.165) is 56.4 Å². The molecule has 1 atom stereocenters. The molecule has 1 aliphatic rings. The van der Waals surface area contributed by atoms with E-state index in [4.69, 9.17) is 0 Å². The van der Waals surface area contributed by atoms with Crippen LogP contribution in [0.4, 0.5) is 5.69 Å². The van der Waals surface area contributed by atoms with Crippen molar-refractivity contribution in [2.24, 2.45) is 0 Å². The number of carbonyl (C=O) groups excluding carboxylic acids is 2. The van der Waals surface area contributed by atoms with Gasteiger partial charge in [0.2, 0.25) is 0 Å². The summed E-state index contributed by atoms with van der Waals surface area (Å²) in [6, 6.07) is 12.4. The van der Waals surface area contributed by atoms with Gasteiger partial charge >= 0.3 is 0 Å². The van der Waals surface area contributed by atoms with Gasteiger partial charge in [-0.25, -0.2) is 0 Å². The van der Waals surface area contributed by atoms with Gasteiger partial charge in [-0.15, -0.1) is 0 Å². The molecule has 1 aliphatic heterocycles. The molecule has 0 bridgehead atoms. The predicted molar refractivity (Wildman–Crippen MR) is 154 cm³/mol. The van der Waals surface area contributed by atoms with Crippen LogP contribution in [0.2, 0.25) is 0 Å². The molecule has 8 nitrogen and oxygen atoms in total. The summed E-state index contributed by atoms with van der Waals surface area (Å²) >= 11 is 0. The zero-order chi connectivity index (χ0) is 28.5. The van der Waals surface area contributed by atoms with Crippen LogP contribution in [0.15, 0.2) is 54.1 Å². The van der Waals surface area contributed by atoms with Crippen molar-refractivity contribution in [2.75, 3.05) is 26.2 Å². The van der Waals surface area contributed by atoms with Gasteiger partial charge in [0.05, 0.1) is 16.5 Å². The average Bonchev–Trinajstić information content (AvgIpc) is 3.18. The second-order valence-electron chi connectivity index (χ2n) is 10.5. The fraction of sp³-hybridized carbons (Fsp3) is 0.484. The molecular formula is C31H41N3O5. The summed E-state index contributed by atoms with van der Waals surface area (Å²) in [5.74, 6) is -1.37. The molecule has 1 unspecified atom stereocenters. The molecule has 0 aliphatic carbocycles. The van der Waals surface area contributed by atoms with E-state index in [1.807, 2.05) is 24.3 Å². The van der Waals surface area contributed by atoms with Gasteiger partial charge in [-0.2, -0.15) is 0 Å². The number of hydrogen-bond acceptors (Lipinski definition) is 6. The Kier molecular flexibility index (Phi) is 10.8. The first-order valence-electron chi connectivity index (χ1n) is 14.0. The summed E-state index contributed by atoms with van der Waals surface area (Å²) in [7, 11) is 0. The van der Waals surface area contributed by atoms with E-state index < -0.39 is 22.7 Å². The van der Waals surface area contributed by atoms with Gasteiger partial charge in [0.1, 0.15) is 5.76 Å². The van der Waals surface area contributed by atoms with Gasteiger partial charge in [-0.1, -0.05) is 64.8 Å². The molecule has 1 saturated heterocycles. The zero-order valence-corrected chi connectivity index (χ0v) is 23.6. The van der Waals surface area contributed by atoms with Gasteiger partial charge in [-0.05, 0) is 68.1 Å². The van der Waals surface area contributed by atoms with E-state index in [-0.39, 0.29) is 22.6 Å². The van der Waals surface area contributed by atoms with Gasteiger partial charge in [-0.3, -0.25) is 19.7 Å². The Morgan fingerprint density at radius 3 is 2.03 bits per heavy atom. The number of non-ortho nitro benzene ring substituents is 1. The number of ketones is 1. The van der Waals surface area contributed by atoms with Crippen LogP contribution in [0.25, 0.3) is 5.76 Å². The summed E-state index contributed by atoms with van der Waals surface area (Å²) in [5.41, 5.74) is 2.03. The minimum atomic E-state index is -0.738. The Balaban J connectivity index is 1.95. The third-order valence-electron chi connectivity index (χ3n) is 7.34. The summed E-state index contributed by atoms with van der Waals surface area (Å²) in [6.45, 7) is 11.8. The summed E-state index contributed by atoms with van der Waals surface area (Å²) in [6.07, 6.45) is 5.18. The topological polar surface area (TPSA) is 104 Å². The number of amides is 1. The van der Waals surface area contributed by atoms with E-state index in [2.05, 4.69) is 32.6 Å². The van der Waals surface area contributed by atoms with E-state index in [0.29, 0.717) is 18.9 Å². The number of nitro benzene ring substituents is 1. The maximum Gasteiger partial charge on any atom is 0.295 e. The third-order valence-corrected chi connectivity index (χ3v) is 7.34. The molecule has 0 aromatic heterocycles. The monoisotopic (exact) mass is 535 g/mol. The molecule has 0 radical (unpaired) electrons. The number of rotatable bonds is 14. The van der Waals surface area contributed by atoms with Crippen LogP contribution in [0.1, 0.15) is 88.4 Å².